The standard InChI is InChI=1S/C58H43NO2/c1-2-14-38(15-3-1)46-25-12-16-39-17-13-26-51(58(39)46)47-22-4-7-27-53(47)59(44-20-10-18-40(34-44)42-31-33-56-52(36-42)49-24-6-9-29-55(49)60-56)45-21-11-19-41(35-45)43-30-32-50-48-23-5-8-28-54(48)61-57(50)37-43/h4-13,16-38H,1-3,14-15H2. The first-order valence-electron chi connectivity index (χ1n) is 21.7. The number of nitrogens with zero attached hydrogens (tertiary/aromatic N) is 1. The minimum Gasteiger partial charge on any atom is -0.456 e. The average Bonchev–Trinajstić information content (AvgIpc) is 3.90. The molecule has 3 nitrogen and oxygen atoms in total. The quantitative estimate of drug-likeness (QED) is 0.161. The maximum Gasteiger partial charge on any atom is 0.136 e. The fourth-order valence-electron chi connectivity index (χ4n) is 10.1. The molecule has 9 aromatic carbocycles. The van der Waals surface area contributed by atoms with Gasteiger partial charge in [0.05, 0.1) is 5.69 Å². The Labute approximate surface area is 355 Å². The van der Waals surface area contributed by atoms with E-state index < -0.39 is 0 Å². The molecule has 0 bridgehead atoms. The van der Waals surface area contributed by atoms with Crippen molar-refractivity contribution in [1.29, 1.82) is 0 Å². The Balaban J connectivity index is 1.05. The molecule has 3 heteroatoms. The summed E-state index contributed by atoms with van der Waals surface area (Å²) in [5.74, 6) is 0.573. The lowest BCUT2D eigenvalue weighted by Crippen LogP contribution is -2.12. The molecule has 1 fully saturated rings. The maximum absolute atomic E-state index is 6.37. The summed E-state index contributed by atoms with van der Waals surface area (Å²) in [6.07, 6.45) is 6.44. The molecule has 0 aliphatic heterocycles. The zero-order valence-electron chi connectivity index (χ0n) is 33.9. The van der Waals surface area contributed by atoms with E-state index in [4.69, 9.17) is 8.83 Å². The van der Waals surface area contributed by atoms with Crippen LogP contribution in [0.1, 0.15) is 43.6 Å². The Morgan fingerprint density at radius 3 is 1.70 bits per heavy atom. The third-order valence-corrected chi connectivity index (χ3v) is 13.0. The number of anilines is 3. The van der Waals surface area contributed by atoms with Crippen molar-refractivity contribution in [3.05, 3.63) is 200 Å². The van der Waals surface area contributed by atoms with Gasteiger partial charge in [-0.25, -0.2) is 0 Å². The zero-order chi connectivity index (χ0) is 40.3. The summed E-state index contributed by atoms with van der Waals surface area (Å²) in [5, 5.41) is 7.21. The Morgan fingerprint density at radius 2 is 0.934 bits per heavy atom. The summed E-state index contributed by atoms with van der Waals surface area (Å²) in [6.45, 7) is 0. The second-order valence-corrected chi connectivity index (χ2v) is 16.7. The number of rotatable bonds is 7. The molecule has 61 heavy (non-hydrogen) atoms. The topological polar surface area (TPSA) is 29.5 Å². The van der Waals surface area contributed by atoms with Crippen LogP contribution in [0.15, 0.2) is 203 Å². The molecule has 2 heterocycles. The summed E-state index contributed by atoms with van der Waals surface area (Å²) in [4.78, 5) is 2.45. The highest BCUT2D eigenvalue weighted by Crippen LogP contribution is 2.47. The molecule has 11 aromatic rings. The molecule has 0 N–H and O–H groups in total. The third-order valence-electron chi connectivity index (χ3n) is 13.0. The van der Waals surface area contributed by atoms with Gasteiger partial charge in [0.1, 0.15) is 22.3 Å². The molecule has 2 aromatic heterocycles. The molecule has 0 unspecified atom stereocenters. The van der Waals surface area contributed by atoms with Gasteiger partial charge in [0.2, 0.25) is 0 Å². The molecular weight excluding hydrogens is 743 g/mol. The summed E-state index contributed by atoms with van der Waals surface area (Å²) >= 11 is 0. The Hall–Kier alpha value is -7.36. The van der Waals surface area contributed by atoms with Gasteiger partial charge < -0.3 is 13.7 Å². The van der Waals surface area contributed by atoms with Gasteiger partial charge in [-0.2, -0.15) is 0 Å². The predicted molar refractivity (Wildman–Crippen MR) is 255 cm³/mol. The lowest BCUT2D eigenvalue weighted by atomic mass is 9.80. The zero-order valence-corrected chi connectivity index (χ0v) is 33.9. The lowest BCUT2D eigenvalue weighted by molar-refractivity contribution is 0.445. The molecule has 1 aliphatic rings. The van der Waals surface area contributed by atoms with Crippen molar-refractivity contribution < 1.29 is 8.83 Å². The molecule has 0 atom stereocenters. The van der Waals surface area contributed by atoms with Crippen LogP contribution in [0.4, 0.5) is 17.1 Å². The van der Waals surface area contributed by atoms with E-state index >= 15 is 0 Å². The largest absolute Gasteiger partial charge is 0.456 e. The van der Waals surface area contributed by atoms with Gasteiger partial charge in [0.25, 0.3) is 0 Å². The predicted octanol–water partition coefficient (Wildman–Crippen LogP) is 17.2. The van der Waals surface area contributed by atoms with Gasteiger partial charge >= 0.3 is 0 Å². The van der Waals surface area contributed by atoms with Gasteiger partial charge in [-0.1, -0.05) is 147 Å². The number of para-hydroxylation sites is 3. The van der Waals surface area contributed by atoms with Crippen LogP contribution in [0, 0.1) is 0 Å². The van der Waals surface area contributed by atoms with Crippen LogP contribution in [-0.2, 0) is 0 Å². The number of hydrogen-bond donors (Lipinski definition) is 0. The molecule has 0 saturated heterocycles. The molecular formula is C58H43NO2. The van der Waals surface area contributed by atoms with Gasteiger partial charge in [-0.3, -0.25) is 0 Å². The maximum atomic E-state index is 6.37. The highest BCUT2D eigenvalue weighted by molar-refractivity contribution is 6.08. The first-order chi connectivity index (χ1) is 30.2. The van der Waals surface area contributed by atoms with Gasteiger partial charge in [-0.15, -0.1) is 0 Å². The molecule has 1 saturated carbocycles. The highest BCUT2D eigenvalue weighted by Gasteiger charge is 2.23. The van der Waals surface area contributed by atoms with Crippen LogP contribution in [0.5, 0.6) is 0 Å². The first kappa shape index (κ1) is 35.6. The fourth-order valence-corrected chi connectivity index (χ4v) is 10.1. The first-order valence-corrected chi connectivity index (χ1v) is 21.7. The third kappa shape index (κ3) is 6.19. The van der Waals surface area contributed by atoms with Crippen LogP contribution in [-0.4, -0.2) is 0 Å². The van der Waals surface area contributed by atoms with E-state index in [2.05, 4.69) is 175 Å². The van der Waals surface area contributed by atoms with E-state index in [9.17, 15) is 0 Å². The van der Waals surface area contributed by atoms with Gasteiger partial charge in [0.15, 0.2) is 0 Å². The molecule has 0 spiro atoms. The normalized spacial score (nSPS) is 13.5. The molecule has 0 radical (unpaired) electrons. The number of furan rings is 2. The Morgan fingerprint density at radius 1 is 0.377 bits per heavy atom. The minimum atomic E-state index is 0.573. The van der Waals surface area contributed by atoms with E-state index in [1.165, 1.54) is 59.6 Å². The Bertz CT molecular complexity index is 3430. The highest BCUT2D eigenvalue weighted by atomic mass is 16.3. The lowest BCUT2D eigenvalue weighted by Gasteiger charge is -2.30. The van der Waals surface area contributed by atoms with Crippen molar-refractivity contribution >= 4 is 71.7 Å². The van der Waals surface area contributed by atoms with E-state index in [0.29, 0.717) is 5.92 Å². The van der Waals surface area contributed by atoms with Crippen LogP contribution < -0.4 is 4.90 Å². The second kappa shape index (κ2) is 14.7. The molecule has 0 amide bonds. The van der Waals surface area contributed by atoms with Crippen molar-refractivity contribution in [1.82, 2.24) is 0 Å². The van der Waals surface area contributed by atoms with Crippen molar-refractivity contribution in [2.45, 2.75) is 38.0 Å². The van der Waals surface area contributed by atoms with Gasteiger partial charge in [-0.05, 0) is 130 Å². The summed E-state index contributed by atoms with van der Waals surface area (Å²) in [7, 11) is 0. The second-order valence-electron chi connectivity index (χ2n) is 16.7. The minimum absolute atomic E-state index is 0.573. The van der Waals surface area contributed by atoms with E-state index in [0.717, 1.165) is 83.2 Å². The van der Waals surface area contributed by atoms with Crippen LogP contribution >= 0.6 is 0 Å². The average molecular weight is 786 g/mol. The van der Waals surface area contributed by atoms with E-state index in [-0.39, 0.29) is 0 Å². The van der Waals surface area contributed by atoms with E-state index in [1.807, 2.05) is 24.3 Å². The smallest absolute Gasteiger partial charge is 0.136 e. The monoisotopic (exact) mass is 785 g/mol. The van der Waals surface area contributed by atoms with Crippen LogP contribution in [0.2, 0.25) is 0 Å². The number of fused-ring (bicyclic) bond motifs is 7. The summed E-state index contributed by atoms with van der Waals surface area (Å²) in [5.41, 5.74) is 15.4. The molecule has 1 aliphatic carbocycles. The SMILES string of the molecule is c1cc(-c2ccc3c(c2)oc2ccccc23)cc(N(c2cccc(-c3ccc4oc5ccccc5c4c3)c2)c2ccccc2-c2cccc3cccc(C4CCCCC4)c23)c1. The van der Waals surface area contributed by atoms with Crippen molar-refractivity contribution in [2.75, 3.05) is 4.90 Å². The molecule has 12 rings (SSSR count). The summed E-state index contributed by atoms with van der Waals surface area (Å²) in [6, 6.07) is 70.5. The molecule has 292 valence electrons. The van der Waals surface area contributed by atoms with Crippen molar-refractivity contribution in [3.63, 3.8) is 0 Å². The Kier molecular flexibility index (Phi) is 8.59. The van der Waals surface area contributed by atoms with Crippen LogP contribution in [0.3, 0.4) is 0 Å². The van der Waals surface area contributed by atoms with Gasteiger partial charge in [0, 0.05) is 38.5 Å². The van der Waals surface area contributed by atoms with Crippen molar-refractivity contribution in [2.24, 2.45) is 0 Å². The summed E-state index contributed by atoms with van der Waals surface area (Å²) < 4.78 is 12.6. The van der Waals surface area contributed by atoms with Crippen LogP contribution in [0.25, 0.3) is 88.0 Å². The number of hydrogen-bond acceptors (Lipinski definition) is 3. The fraction of sp³-hybridized carbons (Fsp3) is 0.103. The van der Waals surface area contributed by atoms with E-state index in [1.54, 1.807) is 0 Å². The number of benzene rings is 9. The van der Waals surface area contributed by atoms with Crippen molar-refractivity contribution in [3.8, 4) is 33.4 Å².